The highest BCUT2D eigenvalue weighted by atomic mass is 16.7. The number of benzene rings is 2. The Labute approximate surface area is 192 Å². The molecular formula is C28H37NO3. The Morgan fingerprint density at radius 2 is 1.69 bits per heavy atom. The summed E-state index contributed by atoms with van der Waals surface area (Å²) in [5.41, 5.74) is 4.64. The van der Waals surface area contributed by atoms with Gasteiger partial charge in [-0.05, 0) is 83.9 Å². The number of rotatable bonds is 4. The van der Waals surface area contributed by atoms with Gasteiger partial charge in [0, 0.05) is 19.6 Å². The molecule has 0 amide bonds. The van der Waals surface area contributed by atoms with Gasteiger partial charge >= 0.3 is 6.16 Å². The fourth-order valence-corrected chi connectivity index (χ4v) is 5.32. The van der Waals surface area contributed by atoms with Gasteiger partial charge in [0.25, 0.3) is 0 Å². The third kappa shape index (κ3) is 5.92. The van der Waals surface area contributed by atoms with Crippen molar-refractivity contribution in [2.45, 2.75) is 71.9 Å². The summed E-state index contributed by atoms with van der Waals surface area (Å²) in [4.78, 5) is 13.1. The molecule has 0 unspecified atom stereocenters. The monoisotopic (exact) mass is 435 g/mol. The lowest BCUT2D eigenvalue weighted by Crippen LogP contribution is -2.37. The van der Waals surface area contributed by atoms with Crippen molar-refractivity contribution in [1.82, 2.24) is 4.90 Å². The van der Waals surface area contributed by atoms with Crippen LogP contribution in [0.5, 0.6) is 0 Å². The van der Waals surface area contributed by atoms with Gasteiger partial charge in [-0.15, -0.1) is 0 Å². The van der Waals surface area contributed by atoms with E-state index >= 15 is 0 Å². The minimum absolute atomic E-state index is 0.156. The standard InChI is InChI=1S/C28H37NO3/c1-28(2,3)25-10-6-20(7-11-25)16-21-4-8-24-18-22(5-9-23(24)17-21)19-29-14-12-26(13-15-29)32-27(30)31/h4-5,8-9,16-18,25-26H,6-7,10-15,19H2,1-3H3,(H,30,31). The molecule has 2 aromatic rings. The lowest BCUT2D eigenvalue weighted by molar-refractivity contribution is 0.0185. The maximum absolute atomic E-state index is 10.7. The van der Waals surface area contributed by atoms with Crippen LogP contribution in [0.1, 0.15) is 70.4 Å². The molecule has 1 N–H and O–H groups in total. The fraction of sp³-hybridized carbons (Fsp3) is 0.536. The van der Waals surface area contributed by atoms with Gasteiger partial charge in [0.2, 0.25) is 0 Å². The number of likely N-dealkylation sites (tertiary alicyclic amines) is 1. The maximum Gasteiger partial charge on any atom is 0.506 e. The van der Waals surface area contributed by atoms with Gasteiger partial charge < -0.3 is 9.84 Å². The molecule has 2 aromatic carbocycles. The van der Waals surface area contributed by atoms with Crippen LogP contribution in [0, 0.1) is 11.3 Å². The molecule has 2 fully saturated rings. The van der Waals surface area contributed by atoms with Crippen molar-refractivity contribution in [3.63, 3.8) is 0 Å². The zero-order valence-corrected chi connectivity index (χ0v) is 19.8. The smallest absolute Gasteiger partial charge is 0.450 e. The van der Waals surface area contributed by atoms with Crippen molar-refractivity contribution in [1.29, 1.82) is 0 Å². The molecule has 32 heavy (non-hydrogen) atoms. The van der Waals surface area contributed by atoms with Crippen LogP contribution in [0.3, 0.4) is 0 Å². The molecule has 172 valence electrons. The van der Waals surface area contributed by atoms with Gasteiger partial charge in [-0.1, -0.05) is 56.7 Å². The van der Waals surface area contributed by atoms with Crippen molar-refractivity contribution in [3.05, 3.63) is 53.1 Å². The second kappa shape index (κ2) is 9.66. The van der Waals surface area contributed by atoms with E-state index in [0.29, 0.717) is 5.41 Å². The number of hydrogen-bond acceptors (Lipinski definition) is 3. The second-order valence-electron chi connectivity index (χ2n) is 10.7. The van der Waals surface area contributed by atoms with Gasteiger partial charge in [-0.25, -0.2) is 4.79 Å². The number of carboxylic acid groups (broad SMARTS) is 1. The predicted octanol–water partition coefficient (Wildman–Crippen LogP) is 7.12. The van der Waals surface area contributed by atoms with Crippen molar-refractivity contribution >= 4 is 23.0 Å². The van der Waals surface area contributed by atoms with Crippen LogP contribution in [0.15, 0.2) is 42.0 Å². The summed E-state index contributed by atoms with van der Waals surface area (Å²) in [6, 6.07) is 13.6. The summed E-state index contributed by atoms with van der Waals surface area (Å²) in [7, 11) is 0. The average molecular weight is 436 g/mol. The summed E-state index contributed by atoms with van der Waals surface area (Å²) in [6.45, 7) is 9.77. The van der Waals surface area contributed by atoms with Crippen molar-refractivity contribution < 1.29 is 14.6 Å². The molecule has 0 radical (unpaired) electrons. The molecule has 1 saturated carbocycles. The van der Waals surface area contributed by atoms with E-state index in [1.54, 1.807) is 5.57 Å². The van der Waals surface area contributed by atoms with Crippen LogP contribution < -0.4 is 0 Å². The molecule has 4 nitrogen and oxygen atoms in total. The number of ether oxygens (including phenoxy) is 1. The summed E-state index contributed by atoms with van der Waals surface area (Å²) < 4.78 is 4.92. The van der Waals surface area contributed by atoms with E-state index in [-0.39, 0.29) is 6.10 Å². The number of hydrogen-bond donors (Lipinski definition) is 1. The molecular weight excluding hydrogens is 398 g/mol. The highest BCUT2D eigenvalue weighted by molar-refractivity contribution is 5.85. The molecule has 4 rings (SSSR count). The molecule has 0 bridgehead atoms. The molecule has 4 heteroatoms. The van der Waals surface area contributed by atoms with E-state index in [2.05, 4.69) is 68.1 Å². The van der Waals surface area contributed by atoms with Crippen molar-refractivity contribution in [2.75, 3.05) is 13.1 Å². The molecule has 2 aliphatic rings. The Hall–Kier alpha value is -2.33. The number of piperidine rings is 1. The molecule has 1 aliphatic carbocycles. The van der Waals surface area contributed by atoms with Crippen LogP contribution in [0.4, 0.5) is 4.79 Å². The summed E-state index contributed by atoms with van der Waals surface area (Å²) in [5, 5.41) is 11.4. The number of carbonyl (C=O) groups is 1. The first-order chi connectivity index (χ1) is 15.3. The fourth-order valence-electron chi connectivity index (χ4n) is 5.32. The second-order valence-corrected chi connectivity index (χ2v) is 10.7. The molecule has 0 aromatic heterocycles. The van der Waals surface area contributed by atoms with E-state index in [9.17, 15) is 4.79 Å². The van der Waals surface area contributed by atoms with Gasteiger partial charge in [-0.2, -0.15) is 0 Å². The largest absolute Gasteiger partial charge is 0.506 e. The zero-order chi connectivity index (χ0) is 22.7. The molecule has 0 spiro atoms. The Balaban J connectivity index is 1.36. The van der Waals surface area contributed by atoms with E-state index in [0.717, 1.165) is 38.4 Å². The van der Waals surface area contributed by atoms with Gasteiger partial charge in [0.15, 0.2) is 0 Å². The minimum Gasteiger partial charge on any atom is -0.450 e. The van der Waals surface area contributed by atoms with Crippen LogP contribution in [-0.2, 0) is 11.3 Å². The Morgan fingerprint density at radius 3 is 2.34 bits per heavy atom. The van der Waals surface area contributed by atoms with Crippen LogP contribution >= 0.6 is 0 Å². The third-order valence-corrected chi connectivity index (χ3v) is 7.36. The first kappa shape index (κ1) is 22.8. The lowest BCUT2D eigenvalue weighted by atomic mass is 9.71. The van der Waals surface area contributed by atoms with Crippen molar-refractivity contribution in [2.24, 2.45) is 11.3 Å². The van der Waals surface area contributed by atoms with Crippen LogP contribution in [0.2, 0.25) is 0 Å². The highest BCUT2D eigenvalue weighted by Crippen LogP contribution is 2.40. The first-order valence-electron chi connectivity index (χ1n) is 12.1. The summed E-state index contributed by atoms with van der Waals surface area (Å²) in [5.74, 6) is 0.838. The number of nitrogens with zero attached hydrogens (tertiary/aromatic N) is 1. The van der Waals surface area contributed by atoms with Crippen LogP contribution in [-0.4, -0.2) is 35.4 Å². The van der Waals surface area contributed by atoms with Gasteiger partial charge in [-0.3, -0.25) is 4.90 Å². The van der Waals surface area contributed by atoms with Gasteiger partial charge in [0.05, 0.1) is 0 Å². The number of fused-ring (bicyclic) bond motifs is 1. The van der Waals surface area contributed by atoms with E-state index in [1.165, 1.54) is 47.6 Å². The van der Waals surface area contributed by atoms with Crippen molar-refractivity contribution in [3.8, 4) is 0 Å². The average Bonchev–Trinajstić information content (AvgIpc) is 2.75. The molecule has 1 heterocycles. The van der Waals surface area contributed by atoms with Crippen LogP contribution in [0.25, 0.3) is 16.8 Å². The summed E-state index contributed by atoms with van der Waals surface area (Å²) in [6.07, 6.45) is 7.72. The summed E-state index contributed by atoms with van der Waals surface area (Å²) >= 11 is 0. The molecule has 0 atom stereocenters. The Bertz CT molecular complexity index is 970. The van der Waals surface area contributed by atoms with Gasteiger partial charge in [0.1, 0.15) is 6.10 Å². The molecule has 1 saturated heterocycles. The normalized spacial score (nSPS) is 21.0. The van der Waals surface area contributed by atoms with E-state index in [4.69, 9.17) is 9.84 Å². The predicted molar refractivity (Wildman–Crippen MR) is 131 cm³/mol. The molecule has 1 aliphatic heterocycles. The Morgan fingerprint density at radius 1 is 1.03 bits per heavy atom. The lowest BCUT2D eigenvalue weighted by Gasteiger charge is -2.34. The number of allylic oxidation sites excluding steroid dienone is 1. The maximum atomic E-state index is 10.7. The van der Waals surface area contributed by atoms with E-state index in [1.807, 2.05) is 0 Å². The minimum atomic E-state index is -1.16. The van der Waals surface area contributed by atoms with E-state index < -0.39 is 6.16 Å². The Kier molecular flexibility index (Phi) is 6.90. The quantitative estimate of drug-likeness (QED) is 0.520. The SMILES string of the molecule is CC(C)(C)C1CCC(=Cc2ccc3cc(CN4CCC(OC(=O)O)CC4)ccc3c2)CC1. The topological polar surface area (TPSA) is 49.8 Å². The highest BCUT2D eigenvalue weighted by Gasteiger charge is 2.27. The first-order valence-corrected chi connectivity index (χ1v) is 12.1. The third-order valence-electron chi connectivity index (χ3n) is 7.36. The zero-order valence-electron chi connectivity index (χ0n) is 19.8.